The van der Waals surface area contributed by atoms with Gasteiger partial charge in [-0.3, -0.25) is 9.59 Å². The van der Waals surface area contributed by atoms with Gasteiger partial charge in [-0.1, -0.05) is 0 Å². The molecular formula is C14H16N2O2. The molecule has 0 aromatic heterocycles. The van der Waals surface area contributed by atoms with E-state index < -0.39 is 0 Å². The molecule has 3 rings (SSSR count). The Morgan fingerprint density at radius 3 is 2.78 bits per heavy atom. The molecule has 94 valence electrons. The standard InChI is InChI=1S/C14H16N2O2/c15-11-6-10(7-11)14(18)9-1-3-12-8(5-9)2-4-13(17)16-12/h1,3,5,10-11H,2,4,6-7,15H2,(H,16,17). The number of carbonyl (C=O) groups is 2. The fourth-order valence-corrected chi connectivity index (χ4v) is 2.65. The number of Topliss-reactive ketones (excluding diaryl/α,β-unsaturated/α-hetero) is 1. The second-order valence-corrected chi connectivity index (χ2v) is 5.21. The monoisotopic (exact) mass is 244 g/mol. The van der Waals surface area contributed by atoms with E-state index in [1.807, 2.05) is 12.1 Å². The van der Waals surface area contributed by atoms with Gasteiger partial charge in [-0.05, 0) is 43.0 Å². The second-order valence-electron chi connectivity index (χ2n) is 5.21. The topological polar surface area (TPSA) is 72.2 Å². The van der Waals surface area contributed by atoms with Gasteiger partial charge in [0.2, 0.25) is 5.91 Å². The van der Waals surface area contributed by atoms with E-state index in [1.54, 1.807) is 6.07 Å². The van der Waals surface area contributed by atoms with Crippen LogP contribution in [0.3, 0.4) is 0 Å². The van der Waals surface area contributed by atoms with Crippen LogP contribution in [-0.4, -0.2) is 17.7 Å². The summed E-state index contributed by atoms with van der Waals surface area (Å²) in [6, 6.07) is 5.74. The summed E-state index contributed by atoms with van der Waals surface area (Å²) in [6.07, 6.45) is 2.81. The molecule has 2 aliphatic rings. The highest BCUT2D eigenvalue weighted by Crippen LogP contribution is 2.31. The number of carbonyl (C=O) groups excluding carboxylic acids is 2. The average Bonchev–Trinajstić information content (AvgIpc) is 2.33. The minimum Gasteiger partial charge on any atom is -0.328 e. The lowest BCUT2D eigenvalue weighted by atomic mass is 9.76. The Morgan fingerprint density at radius 2 is 2.06 bits per heavy atom. The van der Waals surface area contributed by atoms with E-state index in [0.717, 1.165) is 29.7 Å². The Hall–Kier alpha value is -1.68. The molecule has 1 saturated carbocycles. The molecule has 0 atom stereocenters. The van der Waals surface area contributed by atoms with Crippen molar-refractivity contribution in [3.05, 3.63) is 29.3 Å². The number of fused-ring (bicyclic) bond motifs is 1. The van der Waals surface area contributed by atoms with E-state index in [2.05, 4.69) is 5.32 Å². The maximum atomic E-state index is 12.2. The lowest BCUT2D eigenvalue weighted by Crippen LogP contribution is -2.40. The Bertz CT molecular complexity index is 519. The van der Waals surface area contributed by atoms with Crippen molar-refractivity contribution in [1.29, 1.82) is 0 Å². The number of amides is 1. The maximum Gasteiger partial charge on any atom is 0.224 e. The van der Waals surface area contributed by atoms with Gasteiger partial charge in [0, 0.05) is 29.6 Å². The first-order valence-electron chi connectivity index (χ1n) is 6.36. The number of benzene rings is 1. The predicted octanol–water partition coefficient (Wildman–Crippen LogP) is 1.49. The van der Waals surface area contributed by atoms with Crippen molar-refractivity contribution in [1.82, 2.24) is 0 Å². The fraction of sp³-hybridized carbons (Fsp3) is 0.429. The van der Waals surface area contributed by atoms with Crippen LogP contribution in [0.5, 0.6) is 0 Å². The van der Waals surface area contributed by atoms with Gasteiger partial charge >= 0.3 is 0 Å². The summed E-state index contributed by atoms with van der Waals surface area (Å²) >= 11 is 0. The zero-order valence-corrected chi connectivity index (χ0v) is 10.1. The van der Waals surface area contributed by atoms with Crippen LogP contribution in [0.4, 0.5) is 5.69 Å². The van der Waals surface area contributed by atoms with Crippen molar-refractivity contribution >= 4 is 17.4 Å². The Kier molecular flexibility index (Phi) is 2.67. The number of ketones is 1. The van der Waals surface area contributed by atoms with Gasteiger partial charge in [-0.15, -0.1) is 0 Å². The van der Waals surface area contributed by atoms with Crippen LogP contribution in [-0.2, 0) is 11.2 Å². The number of aryl methyl sites for hydroxylation is 1. The summed E-state index contributed by atoms with van der Waals surface area (Å²) < 4.78 is 0. The van der Waals surface area contributed by atoms with Crippen LogP contribution < -0.4 is 11.1 Å². The Balaban J connectivity index is 1.82. The Morgan fingerprint density at radius 1 is 1.28 bits per heavy atom. The van der Waals surface area contributed by atoms with Crippen LogP contribution in [0.2, 0.25) is 0 Å². The summed E-state index contributed by atoms with van der Waals surface area (Å²) in [6.45, 7) is 0. The third-order valence-electron chi connectivity index (χ3n) is 3.83. The molecular weight excluding hydrogens is 228 g/mol. The highest BCUT2D eigenvalue weighted by molar-refractivity contribution is 6.00. The van der Waals surface area contributed by atoms with E-state index >= 15 is 0 Å². The van der Waals surface area contributed by atoms with Crippen molar-refractivity contribution in [2.24, 2.45) is 11.7 Å². The molecule has 4 nitrogen and oxygen atoms in total. The summed E-state index contributed by atoms with van der Waals surface area (Å²) in [4.78, 5) is 23.4. The summed E-state index contributed by atoms with van der Waals surface area (Å²) in [7, 11) is 0. The van der Waals surface area contributed by atoms with Gasteiger partial charge in [0.15, 0.2) is 5.78 Å². The summed E-state index contributed by atoms with van der Waals surface area (Å²) in [5, 5.41) is 2.82. The first-order valence-corrected chi connectivity index (χ1v) is 6.36. The van der Waals surface area contributed by atoms with E-state index in [9.17, 15) is 9.59 Å². The number of hydrogen-bond donors (Lipinski definition) is 2. The molecule has 1 aromatic rings. The largest absolute Gasteiger partial charge is 0.328 e. The molecule has 3 N–H and O–H groups in total. The van der Waals surface area contributed by atoms with Crippen LogP contribution in [0.25, 0.3) is 0 Å². The van der Waals surface area contributed by atoms with Gasteiger partial charge in [0.1, 0.15) is 0 Å². The van der Waals surface area contributed by atoms with Gasteiger partial charge in [-0.25, -0.2) is 0 Å². The number of rotatable bonds is 2. The van der Waals surface area contributed by atoms with Crippen LogP contribution in [0, 0.1) is 5.92 Å². The first-order chi connectivity index (χ1) is 8.63. The number of nitrogens with one attached hydrogen (secondary N) is 1. The first kappa shape index (κ1) is 11.4. The highest BCUT2D eigenvalue weighted by Gasteiger charge is 2.32. The van der Waals surface area contributed by atoms with Gasteiger partial charge < -0.3 is 11.1 Å². The van der Waals surface area contributed by atoms with Crippen molar-refractivity contribution in [3.8, 4) is 0 Å². The second kappa shape index (κ2) is 4.21. The molecule has 1 aliphatic carbocycles. The summed E-state index contributed by atoms with van der Waals surface area (Å²) in [5.74, 6) is 0.333. The smallest absolute Gasteiger partial charge is 0.224 e. The average molecular weight is 244 g/mol. The minimum absolute atomic E-state index is 0.0477. The van der Waals surface area contributed by atoms with Crippen LogP contribution >= 0.6 is 0 Å². The molecule has 0 bridgehead atoms. The lowest BCUT2D eigenvalue weighted by Gasteiger charge is -2.31. The molecule has 1 heterocycles. The van der Waals surface area contributed by atoms with Crippen molar-refractivity contribution < 1.29 is 9.59 Å². The van der Waals surface area contributed by atoms with E-state index in [4.69, 9.17) is 5.73 Å². The zero-order chi connectivity index (χ0) is 12.7. The van der Waals surface area contributed by atoms with Gasteiger partial charge in [0.05, 0.1) is 0 Å². The molecule has 0 spiro atoms. The highest BCUT2D eigenvalue weighted by atomic mass is 16.1. The van der Waals surface area contributed by atoms with E-state index in [1.165, 1.54) is 0 Å². The van der Waals surface area contributed by atoms with E-state index in [0.29, 0.717) is 12.8 Å². The number of nitrogens with two attached hydrogens (primary N) is 1. The predicted molar refractivity (Wildman–Crippen MR) is 68.4 cm³/mol. The van der Waals surface area contributed by atoms with Gasteiger partial charge in [0.25, 0.3) is 0 Å². The number of anilines is 1. The molecule has 1 amide bonds. The summed E-state index contributed by atoms with van der Waals surface area (Å²) in [5.41, 5.74) is 8.36. The molecule has 1 aliphatic heterocycles. The quantitative estimate of drug-likeness (QED) is 0.774. The van der Waals surface area contributed by atoms with Crippen molar-refractivity contribution in [2.45, 2.75) is 31.7 Å². The van der Waals surface area contributed by atoms with Gasteiger partial charge in [-0.2, -0.15) is 0 Å². The SMILES string of the molecule is NC1CC(C(=O)c2ccc3c(c2)CCC(=O)N3)C1. The molecule has 1 fully saturated rings. The third kappa shape index (κ3) is 1.93. The van der Waals surface area contributed by atoms with Crippen molar-refractivity contribution in [3.63, 3.8) is 0 Å². The molecule has 1 aromatic carbocycles. The maximum absolute atomic E-state index is 12.2. The normalized spacial score (nSPS) is 25.9. The van der Waals surface area contributed by atoms with Crippen LogP contribution in [0.1, 0.15) is 35.2 Å². The molecule has 4 heteroatoms. The fourth-order valence-electron chi connectivity index (χ4n) is 2.65. The third-order valence-corrected chi connectivity index (χ3v) is 3.83. The van der Waals surface area contributed by atoms with E-state index in [-0.39, 0.29) is 23.7 Å². The minimum atomic E-state index is 0.0477. The lowest BCUT2D eigenvalue weighted by molar-refractivity contribution is -0.116. The van der Waals surface area contributed by atoms with Crippen molar-refractivity contribution in [2.75, 3.05) is 5.32 Å². The molecule has 0 radical (unpaired) electrons. The molecule has 0 saturated heterocycles. The molecule has 0 unspecified atom stereocenters. The van der Waals surface area contributed by atoms with Crippen LogP contribution in [0.15, 0.2) is 18.2 Å². The Labute approximate surface area is 106 Å². The zero-order valence-electron chi connectivity index (χ0n) is 10.1. The molecule has 18 heavy (non-hydrogen) atoms. The number of hydrogen-bond acceptors (Lipinski definition) is 3.